The summed E-state index contributed by atoms with van der Waals surface area (Å²) in [5.74, 6) is -0.510. The summed E-state index contributed by atoms with van der Waals surface area (Å²) in [6.45, 7) is 0.0811. The van der Waals surface area contributed by atoms with E-state index >= 15 is 0 Å². The van der Waals surface area contributed by atoms with Gasteiger partial charge in [-0.3, -0.25) is 14.2 Å². The lowest BCUT2D eigenvalue weighted by atomic mass is 9.93. The molecule has 0 fully saturated rings. The van der Waals surface area contributed by atoms with Crippen molar-refractivity contribution in [2.45, 2.75) is 25.2 Å². The highest BCUT2D eigenvalue weighted by atomic mass is 19.4. The standard InChI is InChI=1S/C32H22F3NO3/c33-32(34,35)22-15-16-24-26(17-22)31(38)36-27(18-28(37)39-19-20-9-3-1-4-10-20)23-13-7-8-14-25(23)30(36)29(24)21-11-5-2-6-12-21/h1-17,27H,18-19H2. The fraction of sp³-hybridized carbons (Fsp3) is 0.125. The topological polar surface area (TPSA) is 48.3 Å². The fourth-order valence-corrected chi connectivity index (χ4v) is 5.35. The van der Waals surface area contributed by atoms with Crippen molar-refractivity contribution >= 4 is 16.7 Å². The number of alkyl halides is 3. The Hall–Kier alpha value is -4.65. The largest absolute Gasteiger partial charge is 0.461 e. The van der Waals surface area contributed by atoms with E-state index < -0.39 is 29.3 Å². The van der Waals surface area contributed by atoms with Gasteiger partial charge in [0.1, 0.15) is 6.61 Å². The van der Waals surface area contributed by atoms with Gasteiger partial charge in [0.15, 0.2) is 0 Å². The molecular formula is C32H22F3NO3. The molecule has 0 spiro atoms. The molecule has 0 amide bonds. The van der Waals surface area contributed by atoms with Crippen LogP contribution in [-0.4, -0.2) is 10.5 Å². The van der Waals surface area contributed by atoms with E-state index in [0.717, 1.165) is 34.4 Å². The van der Waals surface area contributed by atoms with E-state index in [0.29, 0.717) is 16.6 Å². The highest BCUT2D eigenvalue weighted by molar-refractivity contribution is 6.04. The summed E-state index contributed by atoms with van der Waals surface area (Å²) in [4.78, 5) is 27.0. The molecule has 4 nitrogen and oxygen atoms in total. The van der Waals surface area contributed by atoms with Crippen LogP contribution in [0.5, 0.6) is 0 Å². The van der Waals surface area contributed by atoms with Crippen molar-refractivity contribution in [1.82, 2.24) is 4.57 Å². The number of ether oxygens (including phenoxy) is 1. The van der Waals surface area contributed by atoms with Crippen molar-refractivity contribution in [3.63, 3.8) is 0 Å². The molecule has 1 aliphatic heterocycles. The van der Waals surface area contributed by atoms with E-state index in [1.807, 2.05) is 84.9 Å². The van der Waals surface area contributed by atoms with Gasteiger partial charge < -0.3 is 4.74 Å². The van der Waals surface area contributed by atoms with Crippen molar-refractivity contribution in [2.75, 3.05) is 0 Å². The van der Waals surface area contributed by atoms with Crippen molar-refractivity contribution in [1.29, 1.82) is 0 Å². The second-order valence-electron chi connectivity index (χ2n) is 9.48. The molecule has 4 aromatic carbocycles. The summed E-state index contributed by atoms with van der Waals surface area (Å²) < 4.78 is 48.0. The van der Waals surface area contributed by atoms with Crippen LogP contribution < -0.4 is 5.56 Å². The maximum Gasteiger partial charge on any atom is 0.416 e. The maximum atomic E-state index is 14.0. The van der Waals surface area contributed by atoms with Gasteiger partial charge in [-0.15, -0.1) is 0 Å². The minimum atomic E-state index is -4.61. The Bertz CT molecular complexity index is 1760. The van der Waals surface area contributed by atoms with Crippen molar-refractivity contribution < 1.29 is 22.7 Å². The first-order chi connectivity index (χ1) is 18.8. The highest BCUT2D eigenvalue weighted by Crippen LogP contribution is 2.47. The lowest BCUT2D eigenvalue weighted by molar-refractivity contribution is -0.145. The zero-order chi connectivity index (χ0) is 27.1. The first-order valence-electron chi connectivity index (χ1n) is 12.5. The first kappa shape index (κ1) is 24.7. The lowest BCUT2D eigenvalue weighted by Crippen LogP contribution is -2.26. The van der Waals surface area contributed by atoms with Crippen LogP contribution in [0.3, 0.4) is 0 Å². The normalized spacial score (nSPS) is 14.2. The first-order valence-corrected chi connectivity index (χ1v) is 12.5. The second kappa shape index (κ2) is 9.58. The van der Waals surface area contributed by atoms with E-state index in [9.17, 15) is 22.8 Å². The monoisotopic (exact) mass is 525 g/mol. The number of halogens is 3. The molecule has 5 aromatic rings. The van der Waals surface area contributed by atoms with Crippen LogP contribution in [0.4, 0.5) is 13.2 Å². The Morgan fingerprint density at radius 3 is 2.21 bits per heavy atom. The Labute approximate surface area is 221 Å². The summed E-state index contributed by atoms with van der Waals surface area (Å²) in [6.07, 6.45) is -4.75. The number of carbonyl (C=O) groups excluding carboxylic acids is 1. The molecule has 0 aliphatic carbocycles. The van der Waals surface area contributed by atoms with Gasteiger partial charge in [-0.25, -0.2) is 0 Å². The third kappa shape index (κ3) is 4.40. The molecule has 194 valence electrons. The molecule has 0 saturated carbocycles. The van der Waals surface area contributed by atoms with Crippen LogP contribution in [0.25, 0.3) is 33.2 Å². The summed E-state index contributed by atoms with van der Waals surface area (Å²) in [7, 11) is 0. The maximum absolute atomic E-state index is 14.0. The number of pyridine rings is 1. The molecule has 6 rings (SSSR count). The smallest absolute Gasteiger partial charge is 0.416 e. The lowest BCUT2D eigenvalue weighted by Gasteiger charge is -2.20. The van der Waals surface area contributed by atoms with E-state index in [-0.39, 0.29) is 18.4 Å². The zero-order valence-electron chi connectivity index (χ0n) is 20.6. The van der Waals surface area contributed by atoms with E-state index in [4.69, 9.17) is 4.74 Å². The van der Waals surface area contributed by atoms with E-state index in [2.05, 4.69) is 0 Å². The fourth-order valence-electron chi connectivity index (χ4n) is 5.35. The molecule has 0 radical (unpaired) electrons. The Balaban J connectivity index is 1.55. The van der Waals surface area contributed by atoms with Gasteiger partial charge in [0.2, 0.25) is 0 Å². The molecule has 0 saturated heterocycles. The molecule has 1 aromatic heterocycles. The van der Waals surface area contributed by atoms with Gasteiger partial charge in [-0.1, -0.05) is 91.0 Å². The Morgan fingerprint density at radius 2 is 1.49 bits per heavy atom. The molecule has 0 N–H and O–H groups in total. The van der Waals surface area contributed by atoms with Crippen LogP contribution in [-0.2, 0) is 22.3 Å². The molecule has 1 unspecified atom stereocenters. The number of nitrogens with zero attached hydrogens (tertiary/aromatic N) is 1. The third-order valence-electron chi connectivity index (χ3n) is 7.09. The predicted molar refractivity (Wildman–Crippen MR) is 143 cm³/mol. The van der Waals surface area contributed by atoms with Crippen LogP contribution in [0.2, 0.25) is 0 Å². The van der Waals surface area contributed by atoms with Crippen molar-refractivity contribution in [2.24, 2.45) is 0 Å². The van der Waals surface area contributed by atoms with Gasteiger partial charge in [0, 0.05) is 16.5 Å². The average Bonchev–Trinajstić information content (AvgIpc) is 3.26. The number of esters is 1. The molecule has 1 atom stereocenters. The SMILES string of the molecule is O=C(CC1c2ccccc2-c2c(-c3ccccc3)c3ccc(C(F)(F)F)cc3c(=O)n21)OCc1ccccc1. The molecule has 0 bridgehead atoms. The number of fused-ring (bicyclic) bond motifs is 4. The minimum Gasteiger partial charge on any atom is -0.461 e. The Morgan fingerprint density at radius 1 is 0.821 bits per heavy atom. The molecule has 39 heavy (non-hydrogen) atoms. The number of carbonyl (C=O) groups is 1. The number of benzene rings is 4. The second-order valence-corrected chi connectivity index (χ2v) is 9.48. The zero-order valence-corrected chi connectivity index (χ0v) is 20.6. The van der Waals surface area contributed by atoms with Crippen LogP contribution in [0, 0.1) is 0 Å². The molecule has 2 heterocycles. The van der Waals surface area contributed by atoms with Gasteiger partial charge in [0.05, 0.1) is 23.7 Å². The van der Waals surface area contributed by atoms with Gasteiger partial charge in [-0.05, 0) is 34.2 Å². The quantitative estimate of drug-likeness (QED) is 0.225. The van der Waals surface area contributed by atoms with Crippen LogP contribution in [0.1, 0.15) is 29.2 Å². The summed E-state index contributed by atoms with van der Waals surface area (Å²) >= 11 is 0. The predicted octanol–water partition coefficient (Wildman–Crippen LogP) is 7.39. The van der Waals surface area contributed by atoms with Crippen molar-refractivity contribution in [3.05, 3.63) is 130 Å². The Kier molecular flexibility index (Phi) is 6.06. The summed E-state index contributed by atoms with van der Waals surface area (Å²) in [5.41, 5.74) is 2.83. The average molecular weight is 526 g/mol. The number of rotatable bonds is 5. The van der Waals surface area contributed by atoms with Crippen LogP contribution >= 0.6 is 0 Å². The minimum absolute atomic E-state index is 0.0529. The van der Waals surface area contributed by atoms with Gasteiger partial charge >= 0.3 is 12.1 Å². The molecular weight excluding hydrogens is 503 g/mol. The van der Waals surface area contributed by atoms with Crippen molar-refractivity contribution in [3.8, 4) is 22.4 Å². The van der Waals surface area contributed by atoms with Gasteiger partial charge in [0.25, 0.3) is 5.56 Å². The number of hydrogen-bond acceptors (Lipinski definition) is 3. The summed E-state index contributed by atoms with van der Waals surface area (Å²) in [5, 5.41) is 0.371. The highest BCUT2D eigenvalue weighted by Gasteiger charge is 2.36. The molecule has 1 aliphatic rings. The number of aromatic nitrogens is 1. The van der Waals surface area contributed by atoms with Gasteiger partial charge in [-0.2, -0.15) is 13.2 Å². The summed E-state index contributed by atoms with van der Waals surface area (Å²) in [6, 6.07) is 28.4. The molecule has 7 heteroatoms. The van der Waals surface area contributed by atoms with E-state index in [1.54, 1.807) is 0 Å². The van der Waals surface area contributed by atoms with E-state index in [1.165, 1.54) is 10.6 Å². The van der Waals surface area contributed by atoms with Crippen LogP contribution in [0.15, 0.2) is 108 Å². The number of hydrogen-bond donors (Lipinski definition) is 0. The third-order valence-corrected chi connectivity index (χ3v) is 7.09.